The van der Waals surface area contributed by atoms with E-state index in [0.717, 1.165) is 10.5 Å². The number of anilines is 1. The van der Waals surface area contributed by atoms with Crippen molar-refractivity contribution < 1.29 is 23.9 Å². The van der Waals surface area contributed by atoms with E-state index in [2.05, 4.69) is 0 Å². The van der Waals surface area contributed by atoms with Crippen LogP contribution in [0.25, 0.3) is 0 Å². The van der Waals surface area contributed by atoms with E-state index >= 15 is 0 Å². The van der Waals surface area contributed by atoms with Crippen LogP contribution >= 0.6 is 11.6 Å². The van der Waals surface area contributed by atoms with Crippen molar-refractivity contribution in [1.29, 1.82) is 0 Å². The fraction of sp³-hybridized carbons (Fsp3) is 0.222. The molecule has 1 aliphatic rings. The maximum Gasteiger partial charge on any atom is 0.257 e. The van der Waals surface area contributed by atoms with Gasteiger partial charge in [-0.2, -0.15) is 0 Å². The first-order chi connectivity index (χ1) is 16.9. The Morgan fingerprint density at radius 3 is 2.40 bits per heavy atom. The van der Waals surface area contributed by atoms with Crippen molar-refractivity contribution in [3.05, 3.63) is 88.9 Å². The minimum absolute atomic E-state index is 0.0949. The molecule has 35 heavy (non-hydrogen) atoms. The second-order valence-electron chi connectivity index (χ2n) is 8.07. The molecule has 1 fully saturated rings. The molecule has 0 aliphatic carbocycles. The van der Waals surface area contributed by atoms with Crippen LogP contribution in [0.4, 0.5) is 5.69 Å². The first kappa shape index (κ1) is 24.3. The number of hydrogen-bond acceptors (Lipinski definition) is 5. The lowest BCUT2D eigenvalue weighted by molar-refractivity contribution is -0.122. The summed E-state index contributed by atoms with van der Waals surface area (Å²) in [5.74, 6) is -0.279. The van der Waals surface area contributed by atoms with Gasteiger partial charge in [-0.1, -0.05) is 41.9 Å². The minimum Gasteiger partial charge on any atom is -0.493 e. The molecule has 1 unspecified atom stereocenters. The van der Waals surface area contributed by atoms with E-state index in [1.165, 1.54) is 19.1 Å². The van der Waals surface area contributed by atoms with Gasteiger partial charge in [0.05, 0.1) is 26.3 Å². The summed E-state index contributed by atoms with van der Waals surface area (Å²) in [6.45, 7) is 0.222. The second-order valence-corrected chi connectivity index (χ2v) is 8.51. The number of hydrogen-bond donors (Lipinski definition) is 0. The Hall–Kier alpha value is -3.84. The monoisotopic (exact) mass is 492 g/mol. The van der Waals surface area contributed by atoms with Crippen LogP contribution < -0.4 is 14.4 Å². The molecule has 4 rings (SSSR count). The Labute approximate surface area is 208 Å². The molecule has 3 aromatic carbocycles. The molecule has 0 bridgehead atoms. The lowest BCUT2D eigenvalue weighted by atomic mass is 10.1. The van der Waals surface area contributed by atoms with Crippen LogP contribution in [0, 0.1) is 0 Å². The SMILES string of the molecule is COc1ccc(C(=O)N(CCc2cccc(Cl)c2)C2CC(=O)N(c3ccccc3)C2=O)cc1OC. The first-order valence-corrected chi connectivity index (χ1v) is 11.5. The molecule has 3 amide bonds. The fourth-order valence-corrected chi connectivity index (χ4v) is 4.40. The Morgan fingerprint density at radius 1 is 0.971 bits per heavy atom. The smallest absolute Gasteiger partial charge is 0.257 e. The van der Waals surface area contributed by atoms with E-state index in [-0.39, 0.29) is 24.8 Å². The van der Waals surface area contributed by atoms with Gasteiger partial charge in [0.15, 0.2) is 11.5 Å². The predicted molar refractivity (Wildman–Crippen MR) is 133 cm³/mol. The highest BCUT2D eigenvalue weighted by Crippen LogP contribution is 2.30. The summed E-state index contributed by atoms with van der Waals surface area (Å²) in [6, 6.07) is 20.0. The minimum atomic E-state index is -0.928. The predicted octanol–water partition coefficient (Wildman–Crippen LogP) is 4.37. The van der Waals surface area contributed by atoms with Crippen LogP contribution in [0.3, 0.4) is 0 Å². The third kappa shape index (κ3) is 5.15. The van der Waals surface area contributed by atoms with Gasteiger partial charge in [0, 0.05) is 17.1 Å². The van der Waals surface area contributed by atoms with Crippen LogP contribution in [0.15, 0.2) is 72.8 Å². The van der Waals surface area contributed by atoms with Crippen molar-refractivity contribution in [2.24, 2.45) is 0 Å². The van der Waals surface area contributed by atoms with Gasteiger partial charge in [-0.25, -0.2) is 4.90 Å². The summed E-state index contributed by atoms with van der Waals surface area (Å²) in [5, 5.41) is 0.586. The van der Waals surface area contributed by atoms with Crippen molar-refractivity contribution in [2.75, 3.05) is 25.7 Å². The van der Waals surface area contributed by atoms with Gasteiger partial charge in [0.2, 0.25) is 5.91 Å². The van der Waals surface area contributed by atoms with Crippen molar-refractivity contribution in [3.8, 4) is 11.5 Å². The average Bonchev–Trinajstić information content (AvgIpc) is 3.17. The molecule has 0 aromatic heterocycles. The molecule has 0 radical (unpaired) electrons. The molecule has 0 saturated carbocycles. The van der Waals surface area contributed by atoms with Crippen LogP contribution in [0.2, 0.25) is 5.02 Å². The number of amides is 3. The number of benzene rings is 3. The molecule has 0 N–H and O–H groups in total. The van der Waals surface area contributed by atoms with Gasteiger partial charge in [-0.3, -0.25) is 14.4 Å². The third-order valence-electron chi connectivity index (χ3n) is 5.94. The summed E-state index contributed by atoms with van der Waals surface area (Å²) in [7, 11) is 3.00. The van der Waals surface area contributed by atoms with E-state index < -0.39 is 11.9 Å². The number of nitrogens with zero attached hydrogens (tertiary/aromatic N) is 2. The summed E-state index contributed by atoms with van der Waals surface area (Å²) < 4.78 is 10.6. The van der Waals surface area contributed by atoms with Crippen LogP contribution in [0.5, 0.6) is 11.5 Å². The van der Waals surface area contributed by atoms with Gasteiger partial charge in [-0.15, -0.1) is 0 Å². The van der Waals surface area contributed by atoms with E-state index in [0.29, 0.717) is 34.2 Å². The number of methoxy groups -OCH3 is 2. The summed E-state index contributed by atoms with van der Waals surface area (Å²) in [4.78, 5) is 42.6. The number of rotatable bonds is 8. The maximum atomic E-state index is 13.7. The van der Waals surface area contributed by atoms with Crippen molar-refractivity contribution in [3.63, 3.8) is 0 Å². The van der Waals surface area contributed by atoms with Gasteiger partial charge < -0.3 is 14.4 Å². The number of carbonyl (C=O) groups is 3. The first-order valence-electron chi connectivity index (χ1n) is 11.1. The molecule has 3 aromatic rings. The molecule has 8 heteroatoms. The average molecular weight is 493 g/mol. The molecule has 180 valence electrons. The van der Waals surface area contributed by atoms with E-state index in [1.54, 1.807) is 48.5 Å². The summed E-state index contributed by atoms with van der Waals surface area (Å²) >= 11 is 6.13. The highest BCUT2D eigenvalue weighted by Gasteiger charge is 2.44. The van der Waals surface area contributed by atoms with Crippen LogP contribution in [-0.4, -0.2) is 49.4 Å². The highest BCUT2D eigenvalue weighted by atomic mass is 35.5. The molecule has 1 saturated heterocycles. The highest BCUT2D eigenvalue weighted by molar-refractivity contribution is 6.30. The molecule has 0 spiro atoms. The van der Waals surface area contributed by atoms with Gasteiger partial charge in [0.25, 0.3) is 11.8 Å². The molecular weight excluding hydrogens is 468 g/mol. The van der Waals surface area contributed by atoms with E-state index in [9.17, 15) is 14.4 Å². The molecule has 1 heterocycles. The van der Waals surface area contributed by atoms with Crippen molar-refractivity contribution in [1.82, 2.24) is 4.90 Å². The molecule has 1 aliphatic heterocycles. The fourth-order valence-electron chi connectivity index (χ4n) is 4.18. The number of halogens is 1. The van der Waals surface area contributed by atoms with Crippen molar-refractivity contribution in [2.45, 2.75) is 18.9 Å². The Kier molecular flexibility index (Phi) is 7.36. The normalized spacial score (nSPS) is 15.3. The van der Waals surface area contributed by atoms with E-state index in [4.69, 9.17) is 21.1 Å². The summed E-state index contributed by atoms with van der Waals surface area (Å²) in [5.41, 5.74) is 1.73. The number of imide groups is 1. The zero-order chi connectivity index (χ0) is 24.9. The summed E-state index contributed by atoms with van der Waals surface area (Å²) in [6.07, 6.45) is 0.366. The third-order valence-corrected chi connectivity index (χ3v) is 6.17. The van der Waals surface area contributed by atoms with Gasteiger partial charge in [0.1, 0.15) is 6.04 Å². The molecular formula is C27H25ClN2O5. The zero-order valence-corrected chi connectivity index (χ0v) is 20.2. The second kappa shape index (κ2) is 10.6. The molecule has 1 atom stereocenters. The molecule has 7 nitrogen and oxygen atoms in total. The van der Waals surface area contributed by atoms with Gasteiger partial charge in [-0.05, 0) is 54.4 Å². The Balaban J connectivity index is 1.67. The maximum absolute atomic E-state index is 13.7. The van der Waals surface area contributed by atoms with Crippen molar-refractivity contribution >= 4 is 35.0 Å². The Bertz CT molecular complexity index is 1250. The standard InChI is InChI=1S/C27H25ClN2O5/c1-34-23-12-11-19(16-24(23)35-2)26(32)29(14-13-18-7-6-8-20(28)15-18)22-17-25(31)30(27(22)33)21-9-4-3-5-10-21/h3-12,15-16,22H,13-14,17H2,1-2H3. The largest absolute Gasteiger partial charge is 0.493 e. The van der Waals surface area contributed by atoms with Crippen LogP contribution in [0.1, 0.15) is 22.3 Å². The lowest BCUT2D eigenvalue weighted by Crippen LogP contribution is -2.46. The lowest BCUT2D eigenvalue weighted by Gasteiger charge is -2.28. The topological polar surface area (TPSA) is 76.2 Å². The Morgan fingerprint density at radius 2 is 1.71 bits per heavy atom. The number of carbonyl (C=O) groups excluding carboxylic acids is 3. The number of ether oxygens (including phenoxy) is 2. The van der Waals surface area contributed by atoms with Gasteiger partial charge >= 0.3 is 0 Å². The zero-order valence-electron chi connectivity index (χ0n) is 19.4. The number of para-hydroxylation sites is 1. The van der Waals surface area contributed by atoms with Crippen LogP contribution in [-0.2, 0) is 16.0 Å². The quantitative estimate of drug-likeness (QED) is 0.436. The van der Waals surface area contributed by atoms with E-state index in [1.807, 2.05) is 24.3 Å².